The fourth-order valence-electron chi connectivity index (χ4n) is 1.14. The zero-order chi connectivity index (χ0) is 9.97. The zero-order valence-electron chi connectivity index (χ0n) is 7.75. The molecule has 0 spiro atoms. The Labute approximate surface area is 80.8 Å². The van der Waals surface area contributed by atoms with E-state index in [2.05, 4.69) is 20.3 Å². The number of rotatable bonds is 2. The fraction of sp³-hybridized carbons (Fsp3) is 0.250. The monoisotopic (exact) mass is 190 g/mol. The standard InChI is InChI=1S/C8H10N6/c1-6-7(2-10-5-11-6)3-14-4-8(9)12-13-14/h2,4-5H,3,9H2,1H3. The third kappa shape index (κ3) is 1.68. The first-order valence-corrected chi connectivity index (χ1v) is 4.17. The summed E-state index contributed by atoms with van der Waals surface area (Å²) in [6, 6.07) is 0. The van der Waals surface area contributed by atoms with Gasteiger partial charge in [0.1, 0.15) is 6.33 Å². The minimum absolute atomic E-state index is 0.416. The van der Waals surface area contributed by atoms with Crippen LogP contribution in [0, 0.1) is 6.92 Å². The Bertz CT molecular complexity index is 435. The average molecular weight is 190 g/mol. The van der Waals surface area contributed by atoms with Crippen molar-refractivity contribution in [3.8, 4) is 0 Å². The lowest BCUT2D eigenvalue weighted by atomic mass is 10.2. The molecule has 2 heterocycles. The summed E-state index contributed by atoms with van der Waals surface area (Å²) in [5, 5.41) is 7.53. The molecule has 0 aliphatic heterocycles. The summed E-state index contributed by atoms with van der Waals surface area (Å²) in [6.07, 6.45) is 4.96. The van der Waals surface area contributed by atoms with Gasteiger partial charge in [-0.3, -0.25) is 0 Å². The maximum atomic E-state index is 5.44. The second kappa shape index (κ2) is 3.41. The lowest BCUT2D eigenvalue weighted by Gasteiger charge is -2.02. The van der Waals surface area contributed by atoms with Crippen molar-refractivity contribution in [3.63, 3.8) is 0 Å². The predicted molar refractivity (Wildman–Crippen MR) is 50.3 cm³/mol. The number of anilines is 1. The summed E-state index contributed by atoms with van der Waals surface area (Å²) < 4.78 is 1.65. The van der Waals surface area contributed by atoms with Crippen LogP contribution in [0.4, 0.5) is 5.82 Å². The fourth-order valence-corrected chi connectivity index (χ4v) is 1.14. The SMILES string of the molecule is Cc1ncncc1Cn1cc(N)nn1. The van der Waals surface area contributed by atoms with Gasteiger partial charge in [-0.2, -0.15) is 0 Å². The molecule has 2 aromatic heterocycles. The maximum absolute atomic E-state index is 5.44. The van der Waals surface area contributed by atoms with Crippen LogP contribution >= 0.6 is 0 Å². The third-order valence-corrected chi connectivity index (χ3v) is 1.90. The Balaban J connectivity index is 2.23. The van der Waals surface area contributed by atoms with Gasteiger partial charge in [-0.05, 0) is 6.92 Å². The van der Waals surface area contributed by atoms with Crippen molar-refractivity contribution in [2.75, 3.05) is 5.73 Å². The molecule has 2 N–H and O–H groups in total. The van der Waals surface area contributed by atoms with E-state index >= 15 is 0 Å². The van der Waals surface area contributed by atoms with Crippen molar-refractivity contribution in [2.45, 2.75) is 13.5 Å². The van der Waals surface area contributed by atoms with Gasteiger partial charge in [-0.1, -0.05) is 5.21 Å². The molecule has 0 aliphatic rings. The first-order chi connectivity index (χ1) is 6.75. The van der Waals surface area contributed by atoms with Crippen LogP contribution < -0.4 is 5.73 Å². The van der Waals surface area contributed by atoms with E-state index in [9.17, 15) is 0 Å². The lowest BCUT2D eigenvalue weighted by Crippen LogP contribution is -2.03. The minimum atomic E-state index is 0.416. The topological polar surface area (TPSA) is 82.5 Å². The van der Waals surface area contributed by atoms with Gasteiger partial charge in [0.15, 0.2) is 5.82 Å². The highest BCUT2D eigenvalue weighted by Crippen LogP contribution is 2.04. The van der Waals surface area contributed by atoms with Gasteiger partial charge >= 0.3 is 0 Å². The summed E-state index contributed by atoms with van der Waals surface area (Å²) in [6.45, 7) is 2.52. The molecule has 6 nitrogen and oxygen atoms in total. The molecule has 0 atom stereocenters. The third-order valence-electron chi connectivity index (χ3n) is 1.90. The van der Waals surface area contributed by atoms with Gasteiger partial charge < -0.3 is 5.73 Å². The van der Waals surface area contributed by atoms with E-state index in [1.165, 1.54) is 6.33 Å². The van der Waals surface area contributed by atoms with E-state index in [4.69, 9.17) is 5.73 Å². The van der Waals surface area contributed by atoms with Gasteiger partial charge in [0, 0.05) is 17.5 Å². The minimum Gasteiger partial charge on any atom is -0.381 e. The van der Waals surface area contributed by atoms with E-state index in [-0.39, 0.29) is 0 Å². The molecule has 0 unspecified atom stereocenters. The van der Waals surface area contributed by atoms with Crippen LogP contribution in [0.15, 0.2) is 18.7 Å². The molecular weight excluding hydrogens is 180 g/mol. The molecule has 0 saturated carbocycles. The highest BCUT2D eigenvalue weighted by atomic mass is 15.4. The molecule has 0 fully saturated rings. The number of aromatic nitrogens is 5. The van der Waals surface area contributed by atoms with E-state index in [0.717, 1.165) is 11.3 Å². The summed E-state index contributed by atoms with van der Waals surface area (Å²) in [5.41, 5.74) is 7.40. The Morgan fingerprint density at radius 2 is 2.36 bits per heavy atom. The van der Waals surface area contributed by atoms with Crippen LogP contribution in [-0.2, 0) is 6.54 Å². The summed E-state index contributed by atoms with van der Waals surface area (Å²) in [5.74, 6) is 0.416. The number of hydrogen-bond acceptors (Lipinski definition) is 5. The molecule has 72 valence electrons. The lowest BCUT2D eigenvalue weighted by molar-refractivity contribution is 0.643. The Kier molecular flexibility index (Phi) is 2.10. The molecule has 14 heavy (non-hydrogen) atoms. The first kappa shape index (κ1) is 8.61. The average Bonchev–Trinajstić information content (AvgIpc) is 2.56. The number of hydrogen-bond donors (Lipinski definition) is 1. The molecule has 0 aromatic carbocycles. The predicted octanol–water partition coefficient (Wildman–Crippen LogP) is 0.00702. The van der Waals surface area contributed by atoms with E-state index in [0.29, 0.717) is 12.4 Å². The van der Waals surface area contributed by atoms with Crippen LogP contribution in [0.3, 0.4) is 0 Å². The van der Waals surface area contributed by atoms with Gasteiger partial charge in [-0.25, -0.2) is 14.6 Å². The second-order valence-electron chi connectivity index (χ2n) is 2.97. The summed E-state index contributed by atoms with van der Waals surface area (Å²) in [4.78, 5) is 8.02. The molecule has 0 amide bonds. The van der Waals surface area contributed by atoms with Crippen molar-refractivity contribution in [1.82, 2.24) is 25.0 Å². The smallest absolute Gasteiger partial charge is 0.165 e. The Hall–Kier alpha value is -1.98. The first-order valence-electron chi connectivity index (χ1n) is 4.17. The van der Waals surface area contributed by atoms with Crippen LogP contribution in [-0.4, -0.2) is 25.0 Å². The number of nitrogens with zero attached hydrogens (tertiary/aromatic N) is 5. The van der Waals surface area contributed by atoms with Crippen molar-refractivity contribution in [2.24, 2.45) is 0 Å². The van der Waals surface area contributed by atoms with Gasteiger partial charge in [0.05, 0.1) is 12.7 Å². The van der Waals surface area contributed by atoms with E-state index in [1.807, 2.05) is 6.92 Å². The maximum Gasteiger partial charge on any atom is 0.165 e. The highest BCUT2D eigenvalue weighted by Gasteiger charge is 2.01. The van der Waals surface area contributed by atoms with Gasteiger partial charge in [-0.15, -0.1) is 5.10 Å². The largest absolute Gasteiger partial charge is 0.381 e. The van der Waals surface area contributed by atoms with Crippen molar-refractivity contribution < 1.29 is 0 Å². The highest BCUT2D eigenvalue weighted by molar-refractivity contribution is 5.21. The van der Waals surface area contributed by atoms with Crippen LogP contribution in [0.1, 0.15) is 11.3 Å². The van der Waals surface area contributed by atoms with Crippen LogP contribution in [0.2, 0.25) is 0 Å². The van der Waals surface area contributed by atoms with E-state index < -0.39 is 0 Å². The quantitative estimate of drug-likeness (QED) is 0.721. The molecule has 0 radical (unpaired) electrons. The Morgan fingerprint density at radius 3 is 3.00 bits per heavy atom. The molecule has 0 saturated heterocycles. The molecule has 6 heteroatoms. The number of aryl methyl sites for hydroxylation is 1. The molecule has 0 aliphatic carbocycles. The van der Waals surface area contributed by atoms with Crippen LogP contribution in [0.25, 0.3) is 0 Å². The molecule has 2 rings (SSSR count). The van der Waals surface area contributed by atoms with Crippen molar-refractivity contribution in [3.05, 3.63) is 30.0 Å². The van der Waals surface area contributed by atoms with Crippen molar-refractivity contribution >= 4 is 5.82 Å². The number of nitrogen functional groups attached to an aromatic ring is 1. The molecule has 2 aromatic rings. The molecular formula is C8H10N6. The summed E-state index contributed by atoms with van der Waals surface area (Å²) >= 11 is 0. The Morgan fingerprint density at radius 1 is 1.50 bits per heavy atom. The van der Waals surface area contributed by atoms with Crippen LogP contribution in [0.5, 0.6) is 0 Å². The second-order valence-corrected chi connectivity index (χ2v) is 2.97. The summed E-state index contributed by atoms with van der Waals surface area (Å²) in [7, 11) is 0. The zero-order valence-corrected chi connectivity index (χ0v) is 7.75. The number of nitrogens with two attached hydrogens (primary N) is 1. The normalized spacial score (nSPS) is 10.4. The van der Waals surface area contributed by atoms with Gasteiger partial charge in [0.25, 0.3) is 0 Å². The van der Waals surface area contributed by atoms with Gasteiger partial charge in [0.2, 0.25) is 0 Å². The molecule has 0 bridgehead atoms. The van der Waals surface area contributed by atoms with Crippen molar-refractivity contribution in [1.29, 1.82) is 0 Å². The van der Waals surface area contributed by atoms with E-state index in [1.54, 1.807) is 17.1 Å².